The smallest absolute Gasteiger partial charge is 0.133 e. The summed E-state index contributed by atoms with van der Waals surface area (Å²) >= 11 is 3.74. The Morgan fingerprint density at radius 3 is 1.06 bits per heavy atom. The molecule has 0 saturated carbocycles. The molecule has 0 fully saturated rings. The average Bonchev–Trinajstić information content (AvgIpc) is 3.42. The zero-order valence-electron chi connectivity index (χ0n) is 38.3. The lowest BCUT2D eigenvalue weighted by Gasteiger charge is -2.18. The number of aromatic hydroxyl groups is 2. The van der Waals surface area contributed by atoms with Gasteiger partial charge in [0.05, 0.1) is 11.4 Å². The second-order valence-electron chi connectivity index (χ2n) is 17.0. The van der Waals surface area contributed by atoms with Crippen LogP contribution in [0.1, 0.15) is 11.1 Å². The van der Waals surface area contributed by atoms with Gasteiger partial charge in [0, 0.05) is 66.4 Å². The summed E-state index contributed by atoms with van der Waals surface area (Å²) in [6, 6.07) is 76.5. The first-order chi connectivity index (χ1) is 34.6. The fourth-order valence-corrected chi connectivity index (χ4v) is 16.4. The molecule has 8 heteroatoms. The third-order valence-electron chi connectivity index (χ3n) is 12.7. The van der Waals surface area contributed by atoms with E-state index in [-0.39, 0.29) is 11.5 Å². The summed E-state index contributed by atoms with van der Waals surface area (Å²) in [7, 11) is -0.898. The molecule has 0 radical (unpaired) electrons. The molecule has 0 atom stereocenters. The van der Waals surface area contributed by atoms with E-state index in [4.69, 9.17) is 9.98 Å². The fraction of sp³-hybridized carbons (Fsp3) is 0.0645. The van der Waals surface area contributed by atoms with Crippen molar-refractivity contribution < 1.29 is 10.2 Å². The summed E-state index contributed by atoms with van der Waals surface area (Å²) in [5.74, 6) is 2.17. The van der Waals surface area contributed by atoms with Crippen molar-refractivity contribution in [3.05, 3.63) is 230 Å². The van der Waals surface area contributed by atoms with E-state index >= 15 is 0 Å². The minimum Gasteiger partial charge on any atom is -0.507 e. The first-order valence-electron chi connectivity index (χ1n) is 23.4. The quantitative estimate of drug-likeness (QED) is 0.0333. The minimum absolute atomic E-state index is 0.0811. The summed E-state index contributed by atoms with van der Waals surface area (Å²) in [5, 5.41) is 37.1. The Hall–Kier alpha value is -6.78. The van der Waals surface area contributed by atoms with Crippen molar-refractivity contribution in [2.75, 3.05) is 23.8 Å². The number of phenols is 2. The Morgan fingerprint density at radius 1 is 0.371 bits per heavy atom. The maximum Gasteiger partial charge on any atom is 0.133 e. The third-order valence-corrected chi connectivity index (χ3v) is 20.4. The van der Waals surface area contributed by atoms with E-state index in [0.717, 1.165) is 67.5 Å². The topological polar surface area (TPSA) is 65.2 Å². The first kappa shape index (κ1) is 45.7. The zero-order valence-corrected chi connectivity index (χ0v) is 41.7. The van der Waals surface area contributed by atoms with Crippen molar-refractivity contribution in [3.63, 3.8) is 0 Å². The number of hydrogen-bond acceptors (Lipinski definition) is 6. The molecule has 0 aliphatic carbocycles. The van der Waals surface area contributed by atoms with Gasteiger partial charge in [-0.2, -0.15) is 0 Å². The molecule has 0 amide bonds. The van der Waals surface area contributed by atoms with Gasteiger partial charge >= 0.3 is 0 Å². The molecule has 0 unspecified atom stereocenters. The highest BCUT2D eigenvalue weighted by atomic mass is 32.2. The Bertz CT molecular complexity index is 3290. The zero-order chi connectivity index (χ0) is 47.2. The van der Waals surface area contributed by atoms with Gasteiger partial charge in [0.1, 0.15) is 11.5 Å². The van der Waals surface area contributed by atoms with E-state index < -0.39 is 15.8 Å². The van der Waals surface area contributed by atoms with Gasteiger partial charge in [0.25, 0.3) is 0 Å². The van der Waals surface area contributed by atoms with Crippen molar-refractivity contribution in [2.24, 2.45) is 9.98 Å². The van der Waals surface area contributed by atoms with Crippen LogP contribution in [0.25, 0.3) is 43.1 Å². The molecule has 340 valence electrons. The molecule has 11 aromatic rings. The summed E-state index contributed by atoms with van der Waals surface area (Å²) in [5.41, 5.74) is 2.74. The summed E-state index contributed by atoms with van der Waals surface area (Å²) < 4.78 is 0. The van der Waals surface area contributed by atoms with Gasteiger partial charge in [-0.15, -0.1) is 23.5 Å². The van der Waals surface area contributed by atoms with Gasteiger partial charge < -0.3 is 10.2 Å². The summed E-state index contributed by atoms with van der Waals surface area (Å²) in [6.45, 7) is 0. The number of thioether (sulfide) groups is 2. The van der Waals surface area contributed by atoms with Gasteiger partial charge in [-0.1, -0.05) is 158 Å². The van der Waals surface area contributed by atoms with Crippen LogP contribution in [0.5, 0.6) is 11.5 Å². The number of fused-ring (bicyclic) bond motifs is 2. The number of benzene rings is 11. The molecule has 0 bridgehead atoms. The van der Waals surface area contributed by atoms with Gasteiger partial charge in [-0.3, -0.25) is 9.98 Å². The highest BCUT2D eigenvalue weighted by molar-refractivity contribution is 8.00. The highest BCUT2D eigenvalue weighted by Crippen LogP contribution is 2.49. The molecule has 0 aliphatic rings. The lowest BCUT2D eigenvalue weighted by Crippen LogP contribution is -2.14. The highest BCUT2D eigenvalue weighted by Gasteiger charge is 2.22. The largest absolute Gasteiger partial charge is 0.507 e. The molecule has 0 heterocycles. The molecule has 2 N–H and O–H groups in total. The number of rotatable bonds is 16. The monoisotopic (exact) mass is 978 g/mol. The van der Waals surface area contributed by atoms with E-state index in [0.29, 0.717) is 21.9 Å². The van der Waals surface area contributed by atoms with E-state index in [1.807, 2.05) is 59.9 Å². The van der Waals surface area contributed by atoms with Crippen LogP contribution >= 0.6 is 39.4 Å². The van der Waals surface area contributed by atoms with Gasteiger partial charge in [-0.25, -0.2) is 0 Å². The van der Waals surface area contributed by atoms with E-state index in [1.165, 1.54) is 31.0 Å². The van der Waals surface area contributed by atoms with Crippen molar-refractivity contribution in [1.29, 1.82) is 0 Å². The lowest BCUT2D eigenvalue weighted by molar-refractivity contribution is 0.476. The van der Waals surface area contributed by atoms with Crippen molar-refractivity contribution in [2.45, 2.75) is 9.79 Å². The molecule has 0 saturated heterocycles. The Morgan fingerprint density at radius 2 is 0.714 bits per heavy atom. The number of aliphatic imine (C=N–C) groups is 2. The molecule has 4 nitrogen and oxygen atoms in total. The van der Waals surface area contributed by atoms with Crippen LogP contribution in [0.2, 0.25) is 0 Å². The molecule has 11 rings (SSSR count). The SMILES string of the molecule is Oc1c(C=Nc2ccc(SCCP(c3ccccc3)c3ccccc3)cc2)cc2cccc3c4cccc5cc(C=Nc6ccc(SCCP(c7ccccc7)c7ccccc7)cc6)c(O)c(c1c23)c54. The Balaban J connectivity index is 0.835. The predicted molar refractivity (Wildman–Crippen MR) is 308 cm³/mol. The predicted octanol–water partition coefficient (Wildman–Crippen LogP) is 15.1. The van der Waals surface area contributed by atoms with Crippen LogP contribution in [-0.2, 0) is 0 Å². The fourth-order valence-electron chi connectivity index (χ4n) is 9.37. The minimum atomic E-state index is -0.449. The van der Waals surface area contributed by atoms with E-state index in [2.05, 4.69) is 182 Å². The molecule has 0 aliphatic heterocycles. The molecule has 11 aromatic carbocycles. The molecule has 0 spiro atoms. The summed E-state index contributed by atoms with van der Waals surface area (Å²) in [6.07, 6.45) is 5.64. The average molecular weight is 979 g/mol. The number of nitrogens with zero attached hydrogens (tertiary/aromatic N) is 2. The summed E-state index contributed by atoms with van der Waals surface area (Å²) in [4.78, 5) is 12.1. The second-order valence-corrected chi connectivity index (χ2v) is 24.0. The molecular formula is C62H48N2O2P2S2. The molecule has 70 heavy (non-hydrogen) atoms. The Kier molecular flexibility index (Phi) is 13.7. The molecule has 0 aromatic heterocycles. The van der Waals surface area contributed by atoms with Gasteiger partial charge in [0.15, 0.2) is 0 Å². The van der Waals surface area contributed by atoms with Gasteiger partial charge in [-0.05, 0) is 132 Å². The van der Waals surface area contributed by atoms with Crippen LogP contribution in [-0.4, -0.2) is 46.5 Å². The molecular weight excluding hydrogens is 931 g/mol. The normalized spacial score (nSPS) is 12.0. The van der Waals surface area contributed by atoms with Crippen LogP contribution in [0.4, 0.5) is 11.4 Å². The lowest BCUT2D eigenvalue weighted by atomic mass is 9.87. The van der Waals surface area contributed by atoms with E-state index in [1.54, 1.807) is 12.4 Å². The number of hydrogen-bond donors (Lipinski definition) is 2. The van der Waals surface area contributed by atoms with E-state index in [9.17, 15) is 10.2 Å². The first-order valence-corrected chi connectivity index (χ1v) is 28.5. The maximum absolute atomic E-state index is 12.3. The number of phenolic OH excluding ortho intramolecular Hbond substituents is 2. The van der Waals surface area contributed by atoms with Crippen LogP contribution in [0.3, 0.4) is 0 Å². The van der Waals surface area contributed by atoms with Crippen LogP contribution < -0.4 is 21.2 Å². The maximum atomic E-state index is 12.3. The van der Waals surface area contributed by atoms with Crippen LogP contribution in [0.15, 0.2) is 238 Å². The standard InChI is InChI=1S/C62H48N2O2P2S2/c65-61-45(41-63-47-27-31-53(32-28-47)69-37-35-67(49-17-5-1-6-18-49)50-19-7-2-8-20-50)39-43-15-13-25-55-56-26-14-16-44-40-46(62(66)60(58(44)56)59(61)57(43)55)42-64-48-29-33-54(34-30-48)70-38-36-68(51-21-9-3-10-22-51)52-23-11-4-12-24-52/h1-34,39-42,65-66H,35-38H2. The second kappa shape index (κ2) is 21.1. The van der Waals surface area contributed by atoms with Gasteiger partial charge in [0.2, 0.25) is 0 Å². The Labute approximate surface area is 419 Å². The third kappa shape index (κ3) is 9.71. The van der Waals surface area contributed by atoms with Crippen molar-refractivity contribution >= 4 is 127 Å². The van der Waals surface area contributed by atoms with Crippen LogP contribution in [0, 0.1) is 0 Å². The van der Waals surface area contributed by atoms with Crippen molar-refractivity contribution in [3.8, 4) is 11.5 Å². The van der Waals surface area contributed by atoms with Crippen molar-refractivity contribution in [1.82, 2.24) is 0 Å².